The van der Waals surface area contributed by atoms with Crippen LogP contribution in [0.1, 0.15) is 52.4 Å². The summed E-state index contributed by atoms with van der Waals surface area (Å²) in [4.78, 5) is 25.5. The van der Waals surface area contributed by atoms with Crippen molar-refractivity contribution in [1.29, 1.82) is 0 Å². The van der Waals surface area contributed by atoms with E-state index in [1.165, 1.54) is 23.7 Å². The smallest absolute Gasteiger partial charge is 0.338 e. The number of aryl methyl sites for hydroxylation is 2. The van der Waals surface area contributed by atoms with Gasteiger partial charge in [0, 0.05) is 19.3 Å². The molecule has 136 valence electrons. The van der Waals surface area contributed by atoms with E-state index in [0.29, 0.717) is 19.5 Å². The summed E-state index contributed by atoms with van der Waals surface area (Å²) in [6.07, 6.45) is 8.54. The lowest BCUT2D eigenvalue weighted by molar-refractivity contribution is -0.131. The largest absolute Gasteiger partial charge is 0.478 e. The Morgan fingerprint density at radius 3 is 2.65 bits per heavy atom. The molecule has 1 N–H and O–H groups in total. The highest BCUT2D eigenvalue weighted by molar-refractivity contribution is 5.86. The summed E-state index contributed by atoms with van der Waals surface area (Å²) in [5.74, 6) is -0.786. The number of carboxylic acid groups (broad SMARTS) is 1. The molecule has 0 bridgehead atoms. The molecule has 26 heavy (non-hydrogen) atoms. The molecule has 0 saturated carbocycles. The first kappa shape index (κ1) is 16.8. The SMILES string of the molecule is O=C(O)c1cnn(C2CCN(C(=O)Cc3ccc4c(c3)CCC4)CC2)c1. The normalized spacial score (nSPS) is 17.3. The molecular formula is C20H23N3O3. The topological polar surface area (TPSA) is 75.4 Å². The average molecular weight is 353 g/mol. The Morgan fingerprint density at radius 1 is 1.15 bits per heavy atom. The van der Waals surface area contributed by atoms with Crippen molar-refractivity contribution in [2.75, 3.05) is 13.1 Å². The third-order valence-corrected chi connectivity index (χ3v) is 5.56. The highest BCUT2D eigenvalue weighted by Crippen LogP contribution is 2.25. The average Bonchev–Trinajstić information content (AvgIpc) is 3.31. The van der Waals surface area contributed by atoms with Gasteiger partial charge in [-0.25, -0.2) is 4.79 Å². The second-order valence-corrected chi connectivity index (χ2v) is 7.26. The van der Waals surface area contributed by atoms with Crippen molar-refractivity contribution in [1.82, 2.24) is 14.7 Å². The molecule has 6 nitrogen and oxygen atoms in total. The molecule has 0 atom stereocenters. The van der Waals surface area contributed by atoms with Crippen molar-refractivity contribution in [3.05, 3.63) is 52.8 Å². The minimum absolute atomic E-state index is 0.159. The second-order valence-electron chi connectivity index (χ2n) is 7.26. The molecule has 4 rings (SSSR count). The number of amides is 1. The number of aromatic carboxylic acids is 1. The van der Waals surface area contributed by atoms with Crippen LogP contribution in [-0.4, -0.2) is 44.8 Å². The maximum atomic E-state index is 12.6. The number of benzene rings is 1. The number of aromatic nitrogens is 2. The van der Waals surface area contributed by atoms with Crippen molar-refractivity contribution < 1.29 is 14.7 Å². The summed E-state index contributed by atoms with van der Waals surface area (Å²) in [5.41, 5.74) is 4.15. The van der Waals surface area contributed by atoms with Crippen LogP contribution < -0.4 is 0 Å². The van der Waals surface area contributed by atoms with Gasteiger partial charge in [-0.1, -0.05) is 18.2 Å². The lowest BCUT2D eigenvalue weighted by Gasteiger charge is -2.32. The number of hydrogen-bond acceptors (Lipinski definition) is 3. The molecule has 1 aliphatic heterocycles. The summed E-state index contributed by atoms with van der Waals surface area (Å²) < 4.78 is 1.73. The van der Waals surface area contributed by atoms with Gasteiger partial charge in [0.2, 0.25) is 5.91 Å². The predicted molar refractivity (Wildman–Crippen MR) is 96.2 cm³/mol. The van der Waals surface area contributed by atoms with E-state index >= 15 is 0 Å². The van der Waals surface area contributed by atoms with Crippen molar-refractivity contribution >= 4 is 11.9 Å². The monoisotopic (exact) mass is 353 g/mol. The zero-order valence-corrected chi connectivity index (χ0v) is 14.7. The van der Waals surface area contributed by atoms with Gasteiger partial charge in [-0.05, 0) is 48.8 Å². The highest BCUT2D eigenvalue weighted by atomic mass is 16.4. The second kappa shape index (κ2) is 6.94. The van der Waals surface area contributed by atoms with E-state index in [4.69, 9.17) is 5.11 Å². The van der Waals surface area contributed by atoms with Crippen LogP contribution in [0.4, 0.5) is 0 Å². The third-order valence-electron chi connectivity index (χ3n) is 5.56. The zero-order valence-electron chi connectivity index (χ0n) is 14.7. The van der Waals surface area contributed by atoms with Gasteiger partial charge in [0.05, 0.1) is 24.2 Å². The van der Waals surface area contributed by atoms with Crippen LogP contribution in [0.15, 0.2) is 30.6 Å². The van der Waals surface area contributed by atoms with E-state index in [1.54, 1.807) is 10.9 Å². The molecule has 1 saturated heterocycles. The summed E-state index contributed by atoms with van der Waals surface area (Å²) in [5, 5.41) is 13.2. The third kappa shape index (κ3) is 3.36. The van der Waals surface area contributed by atoms with Crippen LogP contribution in [0, 0.1) is 0 Å². The molecule has 0 unspecified atom stereocenters. The lowest BCUT2D eigenvalue weighted by atomic mass is 10.0. The van der Waals surface area contributed by atoms with Crippen LogP contribution in [-0.2, 0) is 24.1 Å². The number of piperidine rings is 1. The minimum atomic E-state index is -0.960. The van der Waals surface area contributed by atoms with Crippen LogP contribution in [0.2, 0.25) is 0 Å². The first-order valence-electron chi connectivity index (χ1n) is 9.26. The van der Waals surface area contributed by atoms with E-state index in [-0.39, 0.29) is 17.5 Å². The van der Waals surface area contributed by atoms with E-state index in [1.807, 2.05) is 4.90 Å². The van der Waals surface area contributed by atoms with Gasteiger partial charge >= 0.3 is 5.97 Å². The number of carbonyl (C=O) groups excluding carboxylic acids is 1. The maximum absolute atomic E-state index is 12.6. The minimum Gasteiger partial charge on any atom is -0.478 e. The quantitative estimate of drug-likeness (QED) is 0.916. The first-order valence-corrected chi connectivity index (χ1v) is 9.26. The molecule has 0 radical (unpaired) electrons. The Hall–Kier alpha value is -2.63. The maximum Gasteiger partial charge on any atom is 0.338 e. The number of carbonyl (C=O) groups is 2. The molecule has 1 aliphatic carbocycles. The van der Waals surface area contributed by atoms with Crippen molar-refractivity contribution in [2.24, 2.45) is 0 Å². The van der Waals surface area contributed by atoms with E-state index in [2.05, 4.69) is 23.3 Å². The van der Waals surface area contributed by atoms with Gasteiger partial charge in [-0.15, -0.1) is 0 Å². The summed E-state index contributed by atoms with van der Waals surface area (Å²) >= 11 is 0. The number of nitrogens with zero attached hydrogens (tertiary/aromatic N) is 3. The van der Waals surface area contributed by atoms with Gasteiger partial charge in [0.15, 0.2) is 0 Å². The fraction of sp³-hybridized carbons (Fsp3) is 0.450. The predicted octanol–water partition coefficient (Wildman–Crippen LogP) is 2.48. The molecule has 1 aromatic carbocycles. The van der Waals surface area contributed by atoms with E-state index < -0.39 is 5.97 Å². The molecule has 1 amide bonds. The molecule has 0 spiro atoms. The standard InChI is InChI=1S/C20H23N3O3/c24-19(11-14-4-5-15-2-1-3-16(15)10-14)22-8-6-18(7-9-22)23-13-17(12-21-23)20(25)26/h4-5,10,12-13,18H,1-3,6-9,11H2,(H,25,26). The summed E-state index contributed by atoms with van der Waals surface area (Å²) in [6.45, 7) is 1.38. The number of hydrogen-bond donors (Lipinski definition) is 1. The van der Waals surface area contributed by atoms with E-state index in [9.17, 15) is 9.59 Å². The molecule has 6 heteroatoms. The van der Waals surface area contributed by atoms with Crippen molar-refractivity contribution in [3.63, 3.8) is 0 Å². The number of fused-ring (bicyclic) bond motifs is 1. The number of carboxylic acids is 1. The molecule has 2 aromatic rings. The Balaban J connectivity index is 1.33. The summed E-state index contributed by atoms with van der Waals surface area (Å²) in [6, 6.07) is 6.62. The number of likely N-dealkylation sites (tertiary alicyclic amines) is 1. The molecule has 1 aromatic heterocycles. The van der Waals surface area contributed by atoms with Crippen molar-refractivity contribution in [3.8, 4) is 0 Å². The molecule has 1 fully saturated rings. The van der Waals surface area contributed by atoms with Crippen molar-refractivity contribution in [2.45, 2.75) is 44.6 Å². The Kier molecular flexibility index (Phi) is 4.49. The van der Waals surface area contributed by atoms with Gasteiger partial charge in [0.25, 0.3) is 0 Å². The van der Waals surface area contributed by atoms with Gasteiger partial charge in [0.1, 0.15) is 0 Å². The first-order chi connectivity index (χ1) is 12.6. The zero-order chi connectivity index (χ0) is 18.1. The fourth-order valence-corrected chi connectivity index (χ4v) is 4.05. The van der Waals surface area contributed by atoms with E-state index in [0.717, 1.165) is 31.2 Å². The van der Waals surface area contributed by atoms with Crippen LogP contribution >= 0.6 is 0 Å². The fourth-order valence-electron chi connectivity index (χ4n) is 4.05. The van der Waals surface area contributed by atoms with Gasteiger partial charge in [-0.2, -0.15) is 5.10 Å². The molecular weight excluding hydrogens is 330 g/mol. The van der Waals surface area contributed by atoms with Gasteiger partial charge in [-0.3, -0.25) is 9.48 Å². The van der Waals surface area contributed by atoms with Crippen LogP contribution in [0.25, 0.3) is 0 Å². The summed E-state index contributed by atoms with van der Waals surface area (Å²) in [7, 11) is 0. The number of rotatable bonds is 4. The lowest BCUT2D eigenvalue weighted by Crippen LogP contribution is -2.40. The Morgan fingerprint density at radius 2 is 1.92 bits per heavy atom. The van der Waals surface area contributed by atoms with Crippen LogP contribution in [0.3, 0.4) is 0 Å². The Bertz CT molecular complexity index is 835. The van der Waals surface area contributed by atoms with Crippen LogP contribution in [0.5, 0.6) is 0 Å². The molecule has 2 aliphatic rings. The molecule has 2 heterocycles. The van der Waals surface area contributed by atoms with Gasteiger partial charge < -0.3 is 10.0 Å². The highest BCUT2D eigenvalue weighted by Gasteiger charge is 2.25. The Labute approximate surface area is 152 Å².